The Morgan fingerprint density at radius 2 is 2.10 bits per heavy atom. The van der Waals surface area contributed by atoms with Crippen molar-refractivity contribution in [2.45, 2.75) is 26.3 Å². The number of rotatable bonds is 9. The summed E-state index contributed by atoms with van der Waals surface area (Å²) >= 11 is 0. The molecule has 0 radical (unpaired) electrons. The molecule has 1 aromatic carbocycles. The standard InChI is InChI=1S/C15H21N3O2/c1-2-19-10-6-9-16-12-15-17-14(18-20-15)11-13-7-4-3-5-8-13/h3-5,7-8,16H,2,6,9-12H2,1H3. The summed E-state index contributed by atoms with van der Waals surface area (Å²) in [4.78, 5) is 4.37. The molecule has 0 aliphatic heterocycles. The van der Waals surface area contributed by atoms with Crippen LogP contribution in [0.2, 0.25) is 0 Å². The lowest BCUT2D eigenvalue weighted by atomic mass is 10.1. The highest BCUT2D eigenvalue weighted by molar-refractivity contribution is 5.18. The third-order valence-electron chi connectivity index (χ3n) is 2.84. The van der Waals surface area contributed by atoms with Gasteiger partial charge < -0.3 is 14.6 Å². The molecule has 0 unspecified atom stereocenters. The number of benzene rings is 1. The lowest BCUT2D eigenvalue weighted by molar-refractivity contribution is 0.144. The number of hydrogen-bond acceptors (Lipinski definition) is 5. The van der Waals surface area contributed by atoms with Gasteiger partial charge in [0, 0.05) is 19.6 Å². The minimum atomic E-state index is 0.605. The van der Waals surface area contributed by atoms with Gasteiger partial charge in [-0.3, -0.25) is 0 Å². The Hall–Kier alpha value is -1.72. The van der Waals surface area contributed by atoms with Gasteiger partial charge in [-0.05, 0) is 25.5 Å². The van der Waals surface area contributed by atoms with Crippen molar-refractivity contribution in [1.29, 1.82) is 0 Å². The van der Waals surface area contributed by atoms with Gasteiger partial charge in [-0.1, -0.05) is 35.5 Å². The van der Waals surface area contributed by atoms with Crippen LogP contribution in [0.3, 0.4) is 0 Å². The first-order chi connectivity index (χ1) is 9.88. The lowest BCUT2D eigenvalue weighted by Gasteiger charge is -2.01. The van der Waals surface area contributed by atoms with Crippen LogP contribution in [0.1, 0.15) is 30.6 Å². The molecule has 1 N–H and O–H groups in total. The first kappa shape index (κ1) is 14.7. The molecule has 0 amide bonds. The summed E-state index contributed by atoms with van der Waals surface area (Å²) in [7, 11) is 0. The molecule has 5 heteroatoms. The van der Waals surface area contributed by atoms with Crippen LogP contribution >= 0.6 is 0 Å². The van der Waals surface area contributed by atoms with Crippen LogP contribution in [0.5, 0.6) is 0 Å². The highest BCUT2D eigenvalue weighted by Crippen LogP contribution is 2.06. The maximum atomic E-state index is 5.26. The highest BCUT2D eigenvalue weighted by Gasteiger charge is 2.06. The summed E-state index contributed by atoms with van der Waals surface area (Å²) in [5, 5.41) is 7.25. The van der Waals surface area contributed by atoms with Crippen LogP contribution in [-0.4, -0.2) is 29.9 Å². The third kappa shape index (κ3) is 5.11. The Labute approximate surface area is 119 Å². The number of ether oxygens (including phenoxy) is 1. The summed E-state index contributed by atoms with van der Waals surface area (Å²) in [5.74, 6) is 1.36. The number of hydrogen-bond donors (Lipinski definition) is 1. The molecule has 0 fully saturated rings. The second kappa shape index (κ2) is 8.45. The summed E-state index contributed by atoms with van der Waals surface area (Å²) in [6.45, 7) is 5.05. The molecule has 0 bridgehead atoms. The van der Waals surface area contributed by atoms with E-state index in [1.165, 1.54) is 5.56 Å². The molecular formula is C15H21N3O2. The Morgan fingerprint density at radius 1 is 1.25 bits per heavy atom. The average molecular weight is 275 g/mol. The van der Waals surface area contributed by atoms with Crippen LogP contribution in [0.15, 0.2) is 34.9 Å². The van der Waals surface area contributed by atoms with Gasteiger partial charge in [-0.15, -0.1) is 0 Å². The van der Waals surface area contributed by atoms with E-state index in [1.807, 2.05) is 25.1 Å². The smallest absolute Gasteiger partial charge is 0.240 e. The zero-order valence-corrected chi connectivity index (χ0v) is 11.8. The molecule has 108 valence electrons. The van der Waals surface area contributed by atoms with Gasteiger partial charge in [0.15, 0.2) is 5.82 Å². The molecule has 1 aromatic heterocycles. The molecule has 1 heterocycles. The monoisotopic (exact) mass is 275 g/mol. The first-order valence-electron chi connectivity index (χ1n) is 7.02. The predicted molar refractivity (Wildman–Crippen MR) is 76.4 cm³/mol. The van der Waals surface area contributed by atoms with E-state index in [1.54, 1.807) is 0 Å². The fourth-order valence-corrected chi connectivity index (χ4v) is 1.85. The van der Waals surface area contributed by atoms with Gasteiger partial charge in [0.25, 0.3) is 0 Å². The van der Waals surface area contributed by atoms with Gasteiger partial charge >= 0.3 is 0 Å². The quantitative estimate of drug-likeness (QED) is 0.711. The van der Waals surface area contributed by atoms with Crippen molar-refractivity contribution in [1.82, 2.24) is 15.5 Å². The summed E-state index contributed by atoms with van der Waals surface area (Å²) in [6, 6.07) is 10.1. The number of nitrogens with zero attached hydrogens (tertiary/aromatic N) is 2. The third-order valence-corrected chi connectivity index (χ3v) is 2.84. The van der Waals surface area contributed by atoms with Crippen LogP contribution < -0.4 is 5.32 Å². The molecule has 0 atom stereocenters. The molecular weight excluding hydrogens is 254 g/mol. The van der Waals surface area contributed by atoms with Crippen molar-refractivity contribution in [2.75, 3.05) is 19.8 Å². The second-order valence-corrected chi connectivity index (χ2v) is 4.49. The van der Waals surface area contributed by atoms with Gasteiger partial charge in [-0.25, -0.2) is 0 Å². The number of nitrogens with one attached hydrogen (secondary N) is 1. The van der Waals surface area contributed by atoms with E-state index in [9.17, 15) is 0 Å². The van der Waals surface area contributed by atoms with Crippen molar-refractivity contribution in [3.8, 4) is 0 Å². The number of aromatic nitrogens is 2. The molecule has 0 saturated heterocycles. The average Bonchev–Trinajstić information content (AvgIpc) is 2.91. The molecule has 5 nitrogen and oxygen atoms in total. The van der Waals surface area contributed by atoms with Gasteiger partial charge in [-0.2, -0.15) is 4.98 Å². The molecule has 2 aromatic rings. The van der Waals surface area contributed by atoms with Gasteiger partial charge in [0.05, 0.1) is 6.54 Å². The van der Waals surface area contributed by atoms with Crippen molar-refractivity contribution in [3.63, 3.8) is 0 Å². The van der Waals surface area contributed by atoms with E-state index in [-0.39, 0.29) is 0 Å². The Kier molecular flexibility index (Phi) is 6.20. The van der Waals surface area contributed by atoms with Crippen LogP contribution in [0.4, 0.5) is 0 Å². The van der Waals surface area contributed by atoms with Gasteiger partial charge in [0.1, 0.15) is 0 Å². The maximum absolute atomic E-state index is 5.26. The predicted octanol–water partition coefficient (Wildman–Crippen LogP) is 2.18. The Morgan fingerprint density at radius 3 is 2.90 bits per heavy atom. The normalized spacial score (nSPS) is 10.8. The summed E-state index contributed by atoms with van der Waals surface area (Å²) < 4.78 is 10.5. The Balaban J connectivity index is 1.70. The van der Waals surface area contributed by atoms with Crippen LogP contribution in [-0.2, 0) is 17.7 Å². The molecule has 0 aliphatic rings. The van der Waals surface area contributed by atoms with Crippen molar-refractivity contribution in [3.05, 3.63) is 47.6 Å². The summed E-state index contributed by atoms with van der Waals surface area (Å²) in [5.41, 5.74) is 1.18. The zero-order valence-electron chi connectivity index (χ0n) is 11.8. The molecule has 20 heavy (non-hydrogen) atoms. The Bertz CT molecular complexity index is 485. The van der Waals surface area contributed by atoms with E-state index >= 15 is 0 Å². The molecule has 0 spiro atoms. The van der Waals surface area contributed by atoms with Crippen molar-refractivity contribution >= 4 is 0 Å². The SMILES string of the molecule is CCOCCCNCc1nc(Cc2ccccc2)no1. The van der Waals surface area contributed by atoms with E-state index < -0.39 is 0 Å². The minimum absolute atomic E-state index is 0.605. The first-order valence-corrected chi connectivity index (χ1v) is 7.02. The van der Waals surface area contributed by atoms with Gasteiger partial charge in [0.2, 0.25) is 5.89 Å². The van der Waals surface area contributed by atoms with Crippen LogP contribution in [0, 0.1) is 0 Å². The fourth-order valence-electron chi connectivity index (χ4n) is 1.85. The minimum Gasteiger partial charge on any atom is -0.382 e. The van der Waals surface area contributed by atoms with Crippen LogP contribution in [0.25, 0.3) is 0 Å². The summed E-state index contributed by atoms with van der Waals surface area (Å²) in [6.07, 6.45) is 1.69. The van der Waals surface area contributed by atoms with Crippen molar-refractivity contribution < 1.29 is 9.26 Å². The van der Waals surface area contributed by atoms with E-state index in [2.05, 4.69) is 27.6 Å². The fraction of sp³-hybridized carbons (Fsp3) is 0.467. The van der Waals surface area contributed by atoms with Crippen molar-refractivity contribution in [2.24, 2.45) is 0 Å². The topological polar surface area (TPSA) is 60.2 Å². The van der Waals surface area contributed by atoms with E-state index in [0.29, 0.717) is 18.9 Å². The molecule has 2 rings (SSSR count). The van der Waals surface area contributed by atoms with E-state index in [0.717, 1.165) is 32.0 Å². The highest BCUT2D eigenvalue weighted by atomic mass is 16.5. The maximum Gasteiger partial charge on any atom is 0.240 e. The zero-order chi connectivity index (χ0) is 14.0. The molecule has 0 saturated carbocycles. The second-order valence-electron chi connectivity index (χ2n) is 4.49. The van der Waals surface area contributed by atoms with E-state index in [4.69, 9.17) is 9.26 Å². The lowest BCUT2D eigenvalue weighted by Crippen LogP contribution is -2.16. The molecule has 0 aliphatic carbocycles. The largest absolute Gasteiger partial charge is 0.382 e.